The van der Waals surface area contributed by atoms with E-state index in [0.717, 1.165) is 13.8 Å². The highest BCUT2D eigenvalue weighted by Gasteiger charge is 2.43. The molecule has 0 amide bonds. The fourth-order valence-corrected chi connectivity index (χ4v) is 3.27. The van der Waals surface area contributed by atoms with Gasteiger partial charge in [0.05, 0.1) is 0 Å². The van der Waals surface area contributed by atoms with E-state index in [9.17, 15) is 24.0 Å². The van der Waals surface area contributed by atoms with Crippen molar-refractivity contribution in [2.75, 3.05) is 0 Å². The van der Waals surface area contributed by atoms with Crippen LogP contribution in [0, 0.1) is 0 Å². The maximum atomic E-state index is 13.4. The number of carbonyl (C=O) groups excluding carboxylic acids is 5. The second-order valence-corrected chi connectivity index (χ2v) is 7.08. The van der Waals surface area contributed by atoms with E-state index in [2.05, 4.69) is 0 Å². The normalized spacial score (nSPS) is 16.7. The molecule has 1 heterocycles. The van der Waals surface area contributed by atoms with E-state index < -0.39 is 41.9 Å². The van der Waals surface area contributed by atoms with Crippen molar-refractivity contribution in [2.24, 2.45) is 0 Å². The SMILES string of the molecule is CC(=O)Oc1ccc([C@H]2Oc3cc(OC(C)=O)cc(OC(C)=O)c3C(=O)[C@@H]2OC(C)=O)cc1. The third kappa shape index (κ3) is 5.53. The highest BCUT2D eigenvalue weighted by atomic mass is 16.6. The first kappa shape index (κ1) is 23.5. The Kier molecular flexibility index (Phi) is 6.76. The summed E-state index contributed by atoms with van der Waals surface area (Å²) in [7, 11) is 0. The summed E-state index contributed by atoms with van der Waals surface area (Å²) < 4.78 is 26.4. The molecule has 3 rings (SSSR count). The van der Waals surface area contributed by atoms with Crippen molar-refractivity contribution in [1.82, 2.24) is 0 Å². The molecule has 2 atom stereocenters. The van der Waals surface area contributed by atoms with Gasteiger partial charge in [0.15, 0.2) is 6.10 Å². The van der Waals surface area contributed by atoms with E-state index in [0.29, 0.717) is 5.56 Å². The molecule has 0 fully saturated rings. The number of esters is 4. The van der Waals surface area contributed by atoms with E-state index >= 15 is 0 Å². The van der Waals surface area contributed by atoms with E-state index in [1.165, 1.54) is 38.1 Å². The molecule has 1 aliphatic rings. The number of hydrogen-bond acceptors (Lipinski definition) is 10. The van der Waals surface area contributed by atoms with E-state index in [-0.39, 0.29) is 28.6 Å². The zero-order valence-corrected chi connectivity index (χ0v) is 18.2. The number of carbonyl (C=O) groups is 5. The number of rotatable bonds is 5. The fraction of sp³-hybridized carbons (Fsp3) is 0.261. The minimum absolute atomic E-state index is 0.0137. The first-order chi connectivity index (χ1) is 15.5. The molecule has 1 aliphatic heterocycles. The van der Waals surface area contributed by atoms with Gasteiger partial charge in [0.25, 0.3) is 0 Å². The number of ketones is 1. The summed E-state index contributed by atoms with van der Waals surface area (Å²) in [5, 5.41) is 0. The average molecular weight is 456 g/mol. The second kappa shape index (κ2) is 9.51. The highest BCUT2D eigenvalue weighted by Crippen LogP contribution is 2.44. The van der Waals surface area contributed by atoms with E-state index in [1.807, 2.05) is 0 Å². The van der Waals surface area contributed by atoms with Gasteiger partial charge >= 0.3 is 23.9 Å². The summed E-state index contributed by atoms with van der Waals surface area (Å²) in [6.07, 6.45) is -2.48. The van der Waals surface area contributed by atoms with Crippen molar-refractivity contribution < 1.29 is 47.7 Å². The molecule has 0 bridgehead atoms. The zero-order chi connectivity index (χ0) is 24.3. The lowest BCUT2D eigenvalue weighted by Gasteiger charge is -2.33. The van der Waals surface area contributed by atoms with Crippen molar-refractivity contribution in [2.45, 2.75) is 39.9 Å². The van der Waals surface area contributed by atoms with Crippen LogP contribution in [0.15, 0.2) is 36.4 Å². The second-order valence-electron chi connectivity index (χ2n) is 7.08. The number of hydrogen-bond donors (Lipinski definition) is 0. The molecule has 0 unspecified atom stereocenters. The van der Waals surface area contributed by atoms with Crippen molar-refractivity contribution in [3.05, 3.63) is 47.5 Å². The van der Waals surface area contributed by atoms with Gasteiger partial charge in [0.2, 0.25) is 11.9 Å². The standard InChI is InChI=1S/C23H20O10/c1-11(24)29-16-7-5-15(6-8-16)22-23(32-14(4)27)21(28)20-18(31-13(3)26)9-17(30-12(2)25)10-19(20)33-22/h5-10,22-23H,1-4H3/t22-,23+/m1/s1. The van der Waals surface area contributed by atoms with Crippen LogP contribution in [0.5, 0.6) is 23.0 Å². The third-order valence-corrected chi connectivity index (χ3v) is 4.35. The number of benzene rings is 2. The van der Waals surface area contributed by atoms with Crippen molar-refractivity contribution in [1.29, 1.82) is 0 Å². The largest absolute Gasteiger partial charge is 0.480 e. The molecular weight excluding hydrogens is 436 g/mol. The molecule has 0 spiro atoms. The molecule has 0 saturated heterocycles. The van der Waals surface area contributed by atoms with Gasteiger partial charge in [0.1, 0.15) is 28.6 Å². The minimum atomic E-state index is -1.40. The minimum Gasteiger partial charge on any atom is -0.480 e. The quantitative estimate of drug-likeness (QED) is 0.489. The maximum absolute atomic E-state index is 13.4. The summed E-state index contributed by atoms with van der Waals surface area (Å²) in [4.78, 5) is 59.2. The zero-order valence-electron chi connectivity index (χ0n) is 18.2. The Balaban J connectivity index is 2.10. The van der Waals surface area contributed by atoms with Crippen molar-refractivity contribution in [3.63, 3.8) is 0 Å². The maximum Gasteiger partial charge on any atom is 0.308 e. The smallest absolute Gasteiger partial charge is 0.308 e. The summed E-state index contributed by atoms with van der Waals surface area (Å²) in [5.74, 6) is -3.26. The van der Waals surface area contributed by atoms with Gasteiger partial charge in [-0.1, -0.05) is 12.1 Å². The first-order valence-electron chi connectivity index (χ1n) is 9.76. The predicted octanol–water partition coefficient (Wildman–Crippen LogP) is 2.71. The number of fused-ring (bicyclic) bond motifs is 1. The molecule has 2 aromatic rings. The molecule has 0 radical (unpaired) electrons. The van der Waals surface area contributed by atoms with Gasteiger partial charge in [-0.3, -0.25) is 24.0 Å². The van der Waals surface area contributed by atoms with Gasteiger partial charge in [-0.25, -0.2) is 0 Å². The Morgan fingerprint density at radius 2 is 1.33 bits per heavy atom. The Morgan fingerprint density at radius 3 is 1.88 bits per heavy atom. The monoisotopic (exact) mass is 456 g/mol. The Morgan fingerprint density at radius 1 is 0.758 bits per heavy atom. The van der Waals surface area contributed by atoms with E-state index in [1.54, 1.807) is 12.1 Å². The fourth-order valence-electron chi connectivity index (χ4n) is 3.27. The van der Waals surface area contributed by atoms with Crippen LogP contribution in [0.25, 0.3) is 0 Å². The summed E-state index contributed by atoms with van der Waals surface area (Å²) in [6.45, 7) is 4.71. The summed E-state index contributed by atoms with van der Waals surface area (Å²) in [6, 6.07) is 8.56. The van der Waals surface area contributed by atoms with Gasteiger partial charge in [-0.2, -0.15) is 0 Å². The predicted molar refractivity (Wildman–Crippen MR) is 110 cm³/mol. The van der Waals surface area contributed by atoms with Crippen LogP contribution in [-0.4, -0.2) is 35.8 Å². The average Bonchev–Trinajstić information content (AvgIpc) is 2.68. The molecule has 33 heavy (non-hydrogen) atoms. The van der Waals surface area contributed by atoms with Gasteiger partial charge in [-0.05, 0) is 17.7 Å². The summed E-state index contributed by atoms with van der Waals surface area (Å²) >= 11 is 0. The number of Topliss-reactive ketones (excluding diaryl/α,β-unsaturated/α-hetero) is 1. The molecule has 10 nitrogen and oxygen atoms in total. The van der Waals surface area contributed by atoms with Gasteiger partial charge < -0.3 is 23.7 Å². The van der Waals surface area contributed by atoms with Crippen molar-refractivity contribution in [3.8, 4) is 23.0 Å². The van der Waals surface area contributed by atoms with Gasteiger partial charge in [0, 0.05) is 39.8 Å². The van der Waals surface area contributed by atoms with Crippen molar-refractivity contribution >= 4 is 29.7 Å². The molecule has 10 heteroatoms. The highest BCUT2D eigenvalue weighted by molar-refractivity contribution is 6.07. The third-order valence-electron chi connectivity index (χ3n) is 4.35. The first-order valence-corrected chi connectivity index (χ1v) is 9.76. The molecule has 0 aliphatic carbocycles. The van der Waals surface area contributed by atoms with Gasteiger partial charge in [-0.15, -0.1) is 0 Å². The lowest BCUT2D eigenvalue weighted by molar-refractivity contribution is -0.149. The van der Waals surface area contributed by atoms with E-state index in [4.69, 9.17) is 23.7 Å². The van der Waals surface area contributed by atoms with Crippen LogP contribution in [0.2, 0.25) is 0 Å². The molecule has 2 aromatic carbocycles. The van der Waals surface area contributed by atoms with Crippen LogP contribution in [0.1, 0.15) is 49.7 Å². The molecule has 0 saturated carbocycles. The van der Waals surface area contributed by atoms with Crippen LogP contribution >= 0.6 is 0 Å². The summed E-state index contributed by atoms with van der Waals surface area (Å²) in [5.41, 5.74) is 0.295. The lowest BCUT2D eigenvalue weighted by Crippen LogP contribution is -2.40. The Hall–Kier alpha value is -4.21. The Labute approximate surface area is 188 Å². The lowest BCUT2D eigenvalue weighted by atomic mass is 9.92. The van der Waals surface area contributed by atoms with Crippen LogP contribution in [0.4, 0.5) is 0 Å². The molecule has 0 aromatic heterocycles. The van der Waals surface area contributed by atoms with Crippen LogP contribution < -0.4 is 18.9 Å². The Bertz CT molecular complexity index is 1130. The van der Waals surface area contributed by atoms with Crippen LogP contribution in [-0.2, 0) is 23.9 Å². The molecule has 172 valence electrons. The topological polar surface area (TPSA) is 132 Å². The number of ether oxygens (including phenoxy) is 5. The van der Waals surface area contributed by atoms with Crippen LogP contribution in [0.3, 0.4) is 0 Å². The molecular formula is C23H20O10. The molecule has 0 N–H and O–H groups in total.